The Balaban J connectivity index is -0.0000000200. The molecule has 0 aliphatic heterocycles. The monoisotopic (exact) mass is 84.0 g/mol. The second-order valence-electron chi connectivity index (χ2n) is 0.236. The van der Waals surface area contributed by atoms with E-state index in [1.54, 1.807) is 0 Å². The summed E-state index contributed by atoms with van der Waals surface area (Å²) in [6.45, 7) is 1.44. The fourth-order valence-electron chi connectivity index (χ4n) is 0. The fraction of sp³-hybridized carbons (Fsp3) is 0.500. The Morgan fingerprint density at radius 3 is 1.40 bits per heavy atom. The molecule has 0 saturated carbocycles. The highest BCUT2D eigenvalue weighted by Crippen LogP contribution is 1.13. The summed E-state index contributed by atoms with van der Waals surface area (Å²) < 4.78 is 0. The van der Waals surface area contributed by atoms with Crippen molar-refractivity contribution >= 4 is 6.29 Å². The quantitative estimate of drug-likeness (QED) is 0.391. The van der Waals surface area contributed by atoms with Gasteiger partial charge in [0.2, 0.25) is 0 Å². The largest absolute Gasteiger partial charge is 0.304 e. The lowest BCUT2D eigenvalue weighted by Gasteiger charge is -1.23. The van der Waals surface area contributed by atoms with Gasteiger partial charge < -0.3 is 4.79 Å². The van der Waals surface area contributed by atoms with Gasteiger partial charge in [0.25, 0.3) is 0 Å². The lowest BCUT2D eigenvalue weighted by molar-refractivity contribution is -0.106. The highest BCUT2D eigenvalue weighted by atomic mass is 19.0. The summed E-state index contributed by atoms with van der Waals surface area (Å²) in [6, 6.07) is 0. The van der Waals surface area contributed by atoms with Crippen LogP contribution in [-0.4, -0.2) is 6.29 Å². The van der Waals surface area contributed by atoms with Crippen LogP contribution >= 0.6 is 0 Å². The Morgan fingerprint density at radius 1 is 1.40 bits per heavy atom. The van der Waals surface area contributed by atoms with Gasteiger partial charge in [-0.3, -0.25) is 9.41 Å². The Bertz CT molecular complexity index is 15.1. The molecule has 1 nitrogen and oxygen atoms in total. The van der Waals surface area contributed by atoms with Gasteiger partial charge in [-0.25, -0.2) is 0 Å². The van der Waals surface area contributed by atoms with E-state index < -0.39 is 0 Å². The molecule has 0 bridgehead atoms. The van der Waals surface area contributed by atoms with E-state index in [4.69, 9.17) is 4.79 Å². The zero-order valence-electron chi connectivity index (χ0n) is 2.80. The predicted molar refractivity (Wildman–Crippen MR) is 16.7 cm³/mol. The van der Waals surface area contributed by atoms with Crippen LogP contribution in [0.4, 0.5) is 9.41 Å². The van der Waals surface area contributed by atoms with Crippen LogP contribution in [0.3, 0.4) is 0 Å². The van der Waals surface area contributed by atoms with Crippen LogP contribution in [0.2, 0.25) is 0 Å². The molecule has 0 amide bonds. The maximum absolute atomic E-state index is 8.81. The first-order valence-corrected chi connectivity index (χ1v) is 0.813. The molecule has 0 aliphatic rings. The van der Waals surface area contributed by atoms with Crippen molar-refractivity contribution in [3.05, 3.63) is 0 Å². The van der Waals surface area contributed by atoms with Crippen LogP contribution < -0.4 is 0 Å². The van der Waals surface area contributed by atoms with Gasteiger partial charge in [-0.15, -0.1) is 0 Å². The molecule has 0 radical (unpaired) electrons. The second kappa shape index (κ2) is 80.4. The van der Waals surface area contributed by atoms with Crippen molar-refractivity contribution in [2.75, 3.05) is 0 Å². The summed E-state index contributed by atoms with van der Waals surface area (Å²) in [5.74, 6) is 0. The van der Waals surface area contributed by atoms with Crippen LogP contribution in [0.15, 0.2) is 0 Å². The lowest BCUT2D eigenvalue weighted by atomic mass is 11.0. The van der Waals surface area contributed by atoms with E-state index in [1.165, 1.54) is 6.92 Å². The Labute approximate surface area is 28.7 Å². The van der Waals surface area contributed by atoms with Crippen LogP contribution in [0.1, 0.15) is 6.92 Å². The number of halogens is 2. The van der Waals surface area contributed by atoms with Crippen molar-refractivity contribution < 1.29 is 14.2 Å². The van der Waals surface area contributed by atoms with Crippen LogP contribution in [0.5, 0.6) is 0 Å². The molecule has 0 aliphatic carbocycles. The normalized spacial score (nSPS) is 2.60. The Morgan fingerprint density at radius 2 is 1.40 bits per heavy atom. The molecule has 0 aromatic rings. The van der Waals surface area contributed by atoms with Gasteiger partial charge in [-0.1, -0.05) is 0 Å². The third-order valence-corrected chi connectivity index (χ3v) is 0. The number of rotatable bonds is 0. The molecule has 0 spiro atoms. The van der Waals surface area contributed by atoms with Crippen molar-refractivity contribution in [3.8, 4) is 0 Å². The summed E-state index contributed by atoms with van der Waals surface area (Å²) in [5, 5.41) is 0. The van der Waals surface area contributed by atoms with Crippen LogP contribution in [0.25, 0.3) is 0 Å². The third-order valence-electron chi connectivity index (χ3n) is 0. The molecule has 0 aromatic heterocycles. The fourth-order valence-corrected chi connectivity index (χ4v) is 0. The van der Waals surface area contributed by atoms with E-state index in [9.17, 15) is 0 Å². The number of hydrogen-bond donors (Lipinski definition) is 0. The van der Waals surface area contributed by atoms with Crippen LogP contribution in [-0.2, 0) is 4.79 Å². The first-order chi connectivity index (χ1) is 1.41. The minimum absolute atomic E-state index is 0. The Hall–Kier alpha value is -0.470. The van der Waals surface area contributed by atoms with E-state index in [1.807, 2.05) is 0 Å². The predicted octanol–water partition coefficient (Wildman–Crippen LogP) is 0.510. The number of carbonyl (C=O) groups excluding carboxylic acids is 1. The maximum Gasteiger partial charge on any atom is 0.116 e. The van der Waals surface area contributed by atoms with Crippen molar-refractivity contribution in [1.29, 1.82) is 0 Å². The summed E-state index contributed by atoms with van der Waals surface area (Å²) in [4.78, 5) is 8.81. The number of aldehydes is 1. The van der Waals surface area contributed by atoms with E-state index >= 15 is 0 Å². The van der Waals surface area contributed by atoms with Crippen molar-refractivity contribution in [2.45, 2.75) is 6.92 Å². The lowest BCUT2D eigenvalue weighted by Crippen LogP contribution is -1.36. The molecule has 0 heterocycles. The average Bonchev–Trinajstić information content (AvgIpc) is 0.918. The summed E-state index contributed by atoms with van der Waals surface area (Å²) >= 11 is 0. The van der Waals surface area contributed by atoms with E-state index in [2.05, 4.69) is 0 Å². The second-order valence-corrected chi connectivity index (χ2v) is 0.236. The SMILES string of the molecule is CC=O.F.F. The highest BCUT2D eigenvalue weighted by Gasteiger charge is 1.24. The maximum atomic E-state index is 8.81. The van der Waals surface area contributed by atoms with Gasteiger partial charge in [0, 0.05) is 0 Å². The standard InChI is InChI=1S/C2H4O.2FH/c1-2-3;;/h2H,1H3;2*1H. The van der Waals surface area contributed by atoms with Gasteiger partial charge in [-0.05, 0) is 6.92 Å². The van der Waals surface area contributed by atoms with Gasteiger partial charge in [0.05, 0.1) is 0 Å². The zero-order chi connectivity index (χ0) is 2.71. The molecular formula is C2H6F2O. The smallest absolute Gasteiger partial charge is 0.116 e. The Kier molecular flexibility index (Phi) is 388. The van der Waals surface area contributed by atoms with Crippen LogP contribution in [0, 0.1) is 0 Å². The minimum Gasteiger partial charge on any atom is -0.304 e. The molecule has 5 heavy (non-hydrogen) atoms. The summed E-state index contributed by atoms with van der Waals surface area (Å²) in [7, 11) is 0. The molecule has 0 N–H and O–H groups in total. The van der Waals surface area contributed by atoms with E-state index in [0.717, 1.165) is 6.29 Å². The zero-order valence-corrected chi connectivity index (χ0v) is 2.80. The first-order valence-electron chi connectivity index (χ1n) is 0.813. The average molecular weight is 84.1 g/mol. The molecular weight excluding hydrogens is 78.0 g/mol. The molecule has 0 fully saturated rings. The minimum atomic E-state index is 0. The van der Waals surface area contributed by atoms with Gasteiger partial charge in [0.1, 0.15) is 6.29 Å². The first kappa shape index (κ1) is 24.1. The van der Waals surface area contributed by atoms with Crippen molar-refractivity contribution in [3.63, 3.8) is 0 Å². The van der Waals surface area contributed by atoms with Gasteiger partial charge in [-0.2, -0.15) is 0 Å². The summed E-state index contributed by atoms with van der Waals surface area (Å²) in [6.07, 6.45) is 0.750. The molecule has 34 valence electrons. The van der Waals surface area contributed by atoms with Crippen molar-refractivity contribution in [2.24, 2.45) is 0 Å². The molecule has 0 saturated heterocycles. The molecule has 0 rings (SSSR count). The summed E-state index contributed by atoms with van der Waals surface area (Å²) in [5.41, 5.74) is 0. The van der Waals surface area contributed by atoms with Gasteiger partial charge in [0.15, 0.2) is 0 Å². The number of hydrogen-bond acceptors (Lipinski definition) is 1. The topological polar surface area (TPSA) is 17.1 Å². The molecule has 0 atom stereocenters. The van der Waals surface area contributed by atoms with Crippen molar-refractivity contribution in [1.82, 2.24) is 0 Å². The van der Waals surface area contributed by atoms with E-state index in [-0.39, 0.29) is 9.41 Å². The number of carbonyl (C=O) groups is 1. The molecule has 0 unspecified atom stereocenters. The van der Waals surface area contributed by atoms with Gasteiger partial charge >= 0.3 is 0 Å². The third kappa shape index (κ3) is 37.4. The molecule has 0 aromatic carbocycles. The molecule has 3 heteroatoms. The highest BCUT2D eigenvalue weighted by molar-refractivity contribution is 5.44. The van der Waals surface area contributed by atoms with E-state index in [0.29, 0.717) is 0 Å².